The molecule has 2 rings (SSSR count). The monoisotopic (exact) mass is 293 g/mol. The van der Waals surface area contributed by atoms with Gasteiger partial charge in [-0.1, -0.05) is 29.2 Å². The fourth-order valence-electron chi connectivity index (χ4n) is 1.71. The van der Waals surface area contributed by atoms with Gasteiger partial charge in [0.2, 0.25) is 5.91 Å². The lowest BCUT2D eigenvalue weighted by molar-refractivity contribution is -0.113. The molecule has 0 aliphatic carbocycles. The van der Waals surface area contributed by atoms with Crippen LogP contribution in [0.25, 0.3) is 0 Å². The zero-order valence-corrected chi connectivity index (χ0v) is 12.7. The highest BCUT2D eigenvalue weighted by Gasteiger charge is 2.07. The highest BCUT2D eigenvalue weighted by molar-refractivity contribution is 8.01. The number of nitrogens with one attached hydrogen (secondary N) is 1. The Labute approximate surface area is 120 Å². The van der Waals surface area contributed by atoms with Crippen LogP contribution in [0.4, 0.5) is 5.69 Å². The zero-order valence-electron chi connectivity index (χ0n) is 11.1. The molecule has 1 N–H and O–H groups in total. The van der Waals surface area contributed by atoms with Gasteiger partial charge >= 0.3 is 0 Å². The van der Waals surface area contributed by atoms with Crippen LogP contribution in [-0.4, -0.2) is 21.9 Å². The third kappa shape index (κ3) is 4.33. The summed E-state index contributed by atoms with van der Waals surface area (Å²) < 4.78 is 0.827. The number of aromatic nitrogens is 2. The molecule has 0 bridgehead atoms. The Balaban J connectivity index is 1.90. The molecule has 0 aliphatic rings. The largest absolute Gasteiger partial charge is 0.325 e. The van der Waals surface area contributed by atoms with Crippen molar-refractivity contribution in [3.05, 3.63) is 34.3 Å². The zero-order chi connectivity index (χ0) is 13.8. The highest BCUT2D eigenvalue weighted by atomic mass is 32.2. The lowest BCUT2D eigenvalue weighted by Gasteiger charge is -2.06. The Morgan fingerprint density at radius 3 is 2.47 bits per heavy atom. The van der Waals surface area contributed by atoms with Gasteiger partial charge in [-0.2, -0.15) is 0 Å². The third-order valence-corrected chi connectivity index (χ3v) is 4.31. The van der Waals surface area contributed by atoms with Crippen LogP contribution in [0.2, 0.25) is 0 Å². The Kier molecular flexibility index (Phi) is 4.55. The van der Waals surface area contributed by atoms with Crippen molar-refractivity contribution >= 4 is 34.7 Å². The summed E-state index contributed by atoms with van der Waals surface area (Å²) in [5, 5.41) is 11.7. The molecule has 1 aromatic heterocycles. The summed E-state index contributed by atoms with van der Waals surface area (Å²) in [5.41, 5.74) is 3.13. The molecule has 0 fully saturated rings. The molecule has 100 valence electrons. The van der Waals surface area contributed by atoms with Gasteiger partial charge in [-0.25, -0.2) is 0 Å². The quantitative estimate of drug-likeness (QED) is 0.880. The molecule has 4 nitrogen and oxygen atoms in total. The summed E-state index contributed by atoms with van der Waals surface area (Å²) >= 11 is 2.91. The van der Waals surface area contributed by atoms with Gasteiger partial charge in [0.05, 0.1) is 5.75 Å². The van der Waals surface area contributed by atoms with Crippen molar-refractivity contribution in [1.29, 1.82) is 0 Å². The average molecular weight is 293 g/mol. The molecule has 0 radical (unpaired) electrons. The normalized spacial score (nSPS) is 10.5. The lowest BCUT2D eigenvalue weighted by Crippen LogP contribution is -2.14. The lowest BCUT2D eigenvalue weighted by atomic mass is 10.1. The number of rotatable bonds is 4. The molecular weight excluding hydrogens is 278 g/mol. The number of carbonyl (C=O) groups excluding carboxylic acids is 1. The van der Waals surface area contributed by atoms with E-state index in [0.29, 0.717) is 5.75 Å². The number of carbonyl (C=O) groups is 1. The van der Waals surface area contributed by atoms with Crippen LogP contribution in [0.15, 0.2) is 22.5 Å². The van der Waals surface area contributed by atoms with E-state index < -0.39 is 0 Å². The number of nitrogens with zero attached hydrogens (tertiary/aromatic N) is 2. The molecule has 0 saturated heterocycles. The Bertz CT molecular complexity index is 575. The van der Waals surface area contributed by atoms with Gasteiger partial charge in [0.1, 0.15) is 5.01 Å². The smallest absolute Gasteiger partial charge is 0.234 e. The molecule has 2 aromatic rings. The summed E-state index contributed by atoms with van der Waals surface area (Å²) in [7, 11) is 0. The van der Waals surface area contributed by atoms with Crippen molar-refractivity contribution in [2.45, 2.75) is 25.1 Å². The van der Waals surface area contributed by atoms with E-state index in [1.54, 1.807) is 0 Å². The number of amides is 1. The average Bonchev–Trinajstić information content (AvgIpc) is 2.71. The van der Waals surface area contributed by atoms with E-state index in [0.717, 1.165) is 26.2 Å². The summed E-state index contributed by atoms with van der Waals surface area (Å²) in [6.07, 6.45) is 0. The van der Waals surface area contributed by atoms with Crippen LogP contribution >= 0.6 is 23.1 Å². The van der Waals surface area contributed by atoms with Crippen molar-refractivity contribution in [2.24, 2.45) is 0 Å². The number of aryl methyl sites for hydroxylation is 3. The first-order valence-corrected chi connectivity index (χ1v) is 7.64. The summed E-state index contributed by atoms with van der Waals surface area (Å²) in [6.45, 7) is 5.93. The Morgan fingerprint density at radius 2 is 1.89 bits per heavy atom. The molecule has 1 amide bonds. The maximum absolute atomic E-state index is 11.8. The van der Waals surface area contributed by atoms with Crippen LogP contribution < -0.4 is 5.32 Å². The predicted octanol–water partition coefficient (Wildman–Crippen LogP) is 3.19. The number of hydrogen-bond acceptors (Lipinski definition) is 5. The van der Waals surface area contributed by atoms with Crippen molar-refractivity contribution in [2.75, 3.05) is 11.1 Å². The van der Waals surface area contributed by atoms with Gasteiger partial charge in [-0.3, -0.25) is 4.79 Å². The van der Waals surface area contributed by atoms with Crippen molar-refractivity contribution in [1.82, 2.24) is 10.2 Å². The molecule has 6 heteroatoms. The first-order chi connectivity index (χ1) is 9.02. The predicted molar refractivity (Wildman–Crippen MR) is 79.9 cm³/mol. The molecule has 0 aliphatic heterocycles. The van der Waals surface area contributed by atoms with E-state index in [1.165, 1.54) is 23.1 Å². The minimum atomic E-state index is -0.0251. The van der Waals surface area contributed by atoms with Crippen molar-refractivity contribution in [3.63, 3.8) is 0 Å². The van der Waals surface area contributed by atoms with Gasteiger partial charge in [-0.05, 0) is 44.0 Å². The van der Waals surface area contributed by atoms with Crippen molar-refractivity contribution < 1.29 is 4.79 Å². The molecule has 0 atom stereocenters. The molecular formula is C13H15N3OS2. The molecule has 1 aromatic carbocycles. The van der Waals surface area contributed by atoms with Gasteiger partial charge in [0.25, 0.3) is 0 Å². The maximum Gasteiger partial charge on any atom is 0.234 e. The first kappa shape index (κ1) is 14.0. The Morgan fingerprint density at radius 1 is 1.21 bits per heavy atom. The van der Waals surface area contributed by atoms with Crippen LogP contribution in [-0.2, 0) is 4.79 Å². The number of thioether (sulfide) groups is 1. The van der Waals surface area contributed by atoms with E-state index >= 15 is 0 Å². The van der Waals surface area contributed by atoms with Gasteiger partial charge < -0.3 is 5.32 Å². The van der Waals surface area contributed by atoms with Crippen molar-refractivity contribution in [3.8, 4) is 0 Å². The number of hydrogen-bond donors (Lipinski definition) is 1. The van der Waals surface area contributed by atoms with Crippen LogP contribution in [0, 0.1) is 20.8 Å². The van der Waals surface area contributed by atoms with Gasteiger partial charge in [0, 0.05) is 5.69 Å². The molecule has 19 heavy (non-hydrogen) atoms. The van der Waals surface area contributed by atoms with E-state index in [1.807, 2.05) is 32.9 Å². The Hall–Kier alpha value is -1.40. The molecule has 1 heterocycles. The first-order valence-electron chi connectivity index (χ1n) is 5.84. The topological polar surface area (TPSA) is 54.9 Å². The summed E-state index contributed by atoms with van der Waals surface area (Å²) in [5.74, 6) is 0.324. The SMILES string of the molecule is Cc1cc(C)cc(NC(=O)CSc2nnc(C)s2)c1. The molecule has 0 spiro atoms. The molecule has 0 saturated carbocycles. The fraction of sp³-hybridized carbons (Fsp3) is 0.308. The maximum atomic E-state index is 11.8. The minimum Gasteiger partial charge on any atom is -0.325 e. The van der Waals surface area contributed by atoms with E-state index in [9.17, 15) is 4.79 Å². The van der Waals surface area contributed by atoms with Crippen LogP contribution in [0.3, 0.4) is 0 Å². The summed E-state index contributed by atoms with van der Waals surface area (Å²) in [6, 6.07) is 6.00. The summed E-state index contributed by atoms with van der Waals surface area (Å²) in [4.78, 5) is 11.8. The van der Waals surface area contributed by atoms with E-state index in [2.05, 4.69) is 21.6 Å². The van der Waals surface area contributed by atoms with Crippen LogP contribution in [0.5, 0.6) is 0 Å². The standard InChI is InChI=1S/C13H15N3OS2/c1-8-4-9(2)6-11(5-8)14-12(17)7-18-13-16-15-10(3)19-13/h4-6H,7H2,1-3H3,(H,14,17). The minimum absolute atomic E-state index is 0.0251. The second kappa shape index (κ2) is 6.16. The van der Waals surface area contributed by atoms with E-state index in [-0.39, 0.29) is 5.91 Å². The van der Waals surface area contributed by atoms with Crippen LogP contribution in [0.1, 0.15) is 16.1 Å². The fourth-order valence-corrected chi connectivity index (χ4v) is 3.32. The second-order valence-electron chi connectivity index (χ2n) is 4.30. The van der Waals surface area contributed by atoms with Gasteiger partial charge in [-0.15, -0.1) is 10.2 Å². The molecule has 0 unspecified atom stereocenters. The second-order valence-corrected chi connectivity index (χ2v) is 6.70. The van der Waals surface area contributed by atoms with E-state index in [4.69, 9.17) is 0 Å². The number of anilines is 1. The third-order valence-electron chi connectivity index (χ3n) is 2.34. The highest BCUT2D eigenvalue weighted by Crippen LogP contribution is 2.22. The van der Waals surface area contributed by atoms with Gasteiger partial charge in [0.15, 0.2) is 4.34 Å². The number of benzene rings is 1.